The van der Waals surface area contributed by atoms with Crippen molar-refractivity contribution in [3.8, 4) is 0 Å². The molecule has 3 atom stereocenters. The van der Waals surface area contributed by atoms with Crippen LogP contribution in [0.5, 0.6) is 0 Å². The van der Waals surface area contributed by atoms with Gasteiger partial charge in [-0.2, -0.15) is 5.10 Å². The molecular formula is C25H26FN3O. The molecular weight excluding hydrogens is 377 g/mol. The number of aromatic nitrogens is 1. The van der Waals surface area contributed by atoms with Gasteiger partial charge in [-0.15, -0.1) is 0 Å². The fraction of sp³-hybridized carbons (Fsp3) is 0.360. The molecule has 0 unspecified atom stereocenters. The van der Waals surface area contributed by atoms with Crippen LogP contribution in [-0.4, -0.2) is 16.7 Å². The van der Waals surface area contributed by atoms with Crippen LogP contribution in [0, 0.1) is 23.1 Å². The van der Waals surface area contributed by atoms with Crippen molar-refractivity contribution in [3.05, 3.63) is 71.7 Å². The zero-order valence-corrected chi connectivity index (χ0v) is 17.1. The predicted octanol–water partition coefficient (Wildman–Crippen LogP) is 5.11. The fourth-order valence-electron chi connectivity index (χ4n) is 5.38. The molecule has 0 spiro atoms. The molecule has 2 aliphatic carbocycles. The molecule has 0 saturated heterocycles. The van der Waals surface area contributed by atoms with Crippen LogP contribution in [0.4, 0.5) is 4.39 Å². The summed E-state index contributed by atoms with van der Waals surface area (Å²) in [7, 11) is 0. The zero-order chi connectivity index (χ0) is 20.7. The lowest BCUT2D eigenvalue weighted by molar-refractivity contribution is -0.123. The highest BCUT2D eigenvalue weighted by Crippen LogP contribution is 2.66. The summed E-state index contributed by atoms with van der Waals surface area (Å²) in [5.41, 5.74) is 6.02. The second-order valence-corrected chi connectivity index (χ2v) is 8.93. The molecule has 0 aliphatic heterocycles. The topological polar surface area (TPSA) is 46.4 Å². The number of nitrogens with one attached hydrogen (secondary N) is 1. The maximum absolute atomic E-state index is 13.2. The predicted molar refractivity (Wildman–Crippen MR) is 117 cm³/mol. The largest absolute Gasteiger partial charge is 0.342 e. The van der Waals surface area contributed by atoms with E-state index in [0.29, 0.717) is 12.5 Å². The van der Waals surface area contributed by atoms with Gasteiger partial charge in [0.2, 0.25) is 5.91 Å². The van der Waals surface area contributed by atoms with Crippen LogP contribution >= 0.6 is 0 Å². The minimum Gasteiger partial charge on any atom is -0.342 e. The maximum atomic E-state index is 13.2. The van der Waals surface area contributed by atoms with Crippen LogP contribution in [0.2, 0.25) is 0 Å². The molecule has 2 saturated carbocycles. The van der Waals surface area contributed by atoms with Crippen LogP contribution in [0.25, 0.3) is 10.9 Å². The quantitative estimate of drug-likeness (QED) is 0.467. The van der Waals surface area contributed by atoms with Crippen LogP contribution in [-0.2, 0) is 11.3 Å². The van der Waals surface area contributed by atoms with Gasteiger partial charge in [-0.3, -0.25) is 4.79 Å². The first kappa shape index (κ1) is 19.0. The Labute approximate surface area is 175 Å². The number of benzene rings is 2. The number of halogens is 1. The summed E-state index contributed by atoms with van der Waals surface area (Å²) in [6.07, 6.45) is 8.54. The number of hydrazone groups is 1. The summed E-state index contributed by atoms with van der Waals surface area (Å²) < 4.78 is 15.3. The number of carbonyl (C=O) groups excluding carboxylic acids is 1. The van der Waals surface area contributed by atoms with Crippen LogP contribution in [0.3, 0.4) is 0 Å². The van der Waals surface area contributed by atoms with Gasteiger partial charge in [0.1, 0.15) is 5.82 Å². The van der Waals surface area contributed by atoms with Crippen molar-refractivity contribution in [1.29, 1.82) is 0 Å². The molecule has 3 aromatic rings. The van der Waals surface area contributed by atoms with Crippen molar-refractivity contribution in [2.45, 2.75) is 39.2 Å². The number of carbonyl (C=O) groups is 1. The van der Waals surface area contributed by atoms with E-state index in [-0.39, 0.29) is 23.1 Å². The third-order valence-corrected chi connectivity index (χ3v) is 7.08. The van der Waals surface area contributed by atoms with E-state index >= 15 is 0 Å². The van der Waals surface area contributed by atoms with Gasteiger partial charge < -0.3 is 4.57 Å². The molecule has 1 heterocycles. The summed E-state index contributed by atoms with van der Waals surface area (Å²) in [5.74, 6) is 0.454. The average molecular weight is 404 g/mol. The zero-order valence-electron chi connectivity index (χ0n) is 17.1. The molecule has 1 amide bonds. The van der Waals surface area contributed by atoms with Crippen molar-refractivity contribution < 1.29 is 9.18 Å². The number of amides is 1. The maximum Gasteiger partial charge on any atom is 0.244 e. The van der Waals surface area contributed by atoms with E-state index in [9.17, 15) is 9.18 Å². The smallest absolute Gasteiger partial charge is 0.244 e. The highest BCUT2D eigenvalue weighted by Gasteiger charge is 2.64. The van der Waals surface area contributed by atoms with Crippen molar-refractivity contribution in [1.82, 2.24) is 9.99 Å². The Balaban J connectivity index is 1.33. The number of fused-ring (bicyclic) bond motifs is 2. The van der Waals surface area contributed by atoms with E-state index in [4.69, 9.17) is 0 Å². The molecule has 2 fully saturated rings. The van der Waals surface area contributed by atoms with E-state index < -0.39 is 0 Å². The summed E-state index contributed by atoms with van der Waals surface area (Å²) in [4.78, 5) is 12.6. The fourth-order valence-corrected chi connectivity index (χ4v) is 5.38. The average Bonchev–Trinajstić information content (AvgIpc) is 3.25. The van der Waals surface area contributed by atoms with E-state index in [1.807, 2.05) is 18.3 Å². The van der Waals surface area contributed by atoms with E-state index in [0.717, 1.165) is 34.9 Å². The van der Waals surface area contributed by atoms with Gasteiger partial charge in [0.15, 0.2) is 0 Å². The van der Waals surface area contributed by atoms with Crippen LogP contribution in [0.1, 0.15) is 43.7 Å². The molecule has 1 N–H and O–H groups in total. The Hall–Kier alpha value is -2.95. The molecule has 1 aromatic heterocycles. The Kier molecular flexibility index (Phi) is 4.69. The summed E-state index contributed by atoms with van der Waals surface area (Å²) in [6, 6.07) is 14.7. The number of rotatable bonds is 5. The number of hydrogen-bond acceptors (Lipinski definition) is 2. The molecule has 5 rings (SSSR count). The number of nitrogens with zero attached hydrogens (tertiary/aromatic N) is 2. The molecule has 30 heavy (non-hydrogen) atoms. The molecule has 2 aromatic carbocycles. The highest BCUT2D eigenvalue weighted by atomic mass is 19.1. The standard InChI is InChI=1S/C25H26FN3O/c1-25-13-5-4-7-21(25)23(25)24(30)28-27-14-18-16-29(22-8-3-2-6-20(18)22)15-17-9-11-19(26)12-10-17/h2-3,6,8-12,14,16,21,23H,4-5,7,13,15H2,1H3,(H,28,30)/b27-14-/t21-,23+,25+/m0/s1. The number of para-hydroxylation sites is 1. The van der Waals surface area contributed by atoms with Gasteiger partial charge in [0, 0.05) is 35.1 Å². The first-order valence-corrected chi connectivity index (χ1v) is 10.7. The lowest BCUT2D eigenvalue weighted by atomic mass is 9.90. The monoisotopic (exact) mass is 403 g/mol. The second-order valence-electron chi connectivity index (χ2n) is 8.93. The lowest BCUT2D eigenvalue weighted by Gasteiger charge is -2.15. The van der Waals surface area contributed by atoms with Gasteiger partial charge in [0.05, 0.1) is 6.21 Å². The molecule has 0 bridgehead atoms. The lowest BCUT2D eigenvalue weighted by Crippen LogP contribution is -2.22. The van der Waals surface area contributed by atoms with Crippen molar-refractivity contribution in [2.75, 3.05) is 0 Å². The van der Waals surface area contributed by atoms with Gasteiger partial charge >= 0.3 is 0 Å². The summed E-state index contributed by atoms with van der Waals surface area (Å²) in [6.45, 7) is 2.89. The normalized spacial score (nSPS) is 25.4. The molecule has 2 aliphatic rings. The van der Waals surface area contributed by atoms with Crippen LogP contribution < -0.4 is 5.43 Å². The minimum absolute atomic E-state index is 0.0516. The third-order valence-electron chi connectivity index (χ3n) is 7.08. The highest BCUT2D eigenvalue weighted by molar-refractivity contribution is 5.99. The van der Waals surface area contributed by atoms with Gasteiger partial charge in [-0.1, -0.05) is 50.1 Å². The first-order valence-electron chi connectivity index (χ1n) is 10.7. The Bertz CT molecular complexity index is 1120. The second kappa shape index (κ2) is 7.38. The van der Waals surface area contributed by atoms with Gasteiger partial charge in [0.25, 0.3) is 0 Å². The number of hydrogen-bond donors (Lipinski definition) is 1. The van der Waals surface area contributed by atoms with E-state index in [1.165, 1.54) is 25.0 Å². The summed E-state index contributed by atoms with van der Waals surface area (Å²) >= 11 is 0. The molecule has 154 valence electrons. The van der Waals surface area contributed by atoms with Crippen molar-refractivity contribution >= 4 is 23.0 Å². The third kappa shape index (κ3) is 3.32. The van der Waals surface area contributed by atoms with E-state index in [1.54, 1.807) is 18.3 Å². The minimum atomic E-state index is -0.232. The molecule has 0 radical (unpaired) electrons. The van der Waals surface area contributed by atoms with Crippen LogP contribution in [0.15, 0.2) is 59.8 Å². The van der Waals surface area contributed by atoms with Crippen molar-refractivity contribution in [3.63, 3.8) is 0 Å². The first-order chi connectivity index (χ1) is 14.6. The summed E-state index contributed by atoms with van der Waals surface area (Å²) in [5, 5.41) is 5.36. The Morgan fingerprint density at radius 1 is 1.23 bits per heavy atom. The van der Waals surface area contributed by atoms with Gasteiger partial charge in [-0.25, -0.2) is 9.82 Å². The molecule has 4 nitrogen and oxygen atoms in total. The van der Waals surface area contributed by atoms with Crippen molar-refractivity contribution in [2.24, 2.45) is 22.4 Å². The Morgan fingerprint density at radius 2 is 2.03 bits per heavy atom. The Morgan fingerprint density at radius 3 is 2.80 bits per heavy atom. The molecule has 5 heteroatoms. The van der Waals surface area contributed by atoms with Gasteiger partial charge in [-0.05, 0) is 47.9 Å². The van der Waals surface area contributed by atoms with E-state index in [2.05, 4.69) is 34.2 Å². The SMILES string of the molecule is C[C@@]12CCCC[C@H]1[C@@H]2C(=O)N/N=C\c1cn(Cc2ccc(F)cc2)c2ccccc12.